The Morgan fingerprint density at radius 1 is 1.28 bits per heavy atom. The highest BCUT2D eigenvalue weighted by atomic mass is 16.3. The smallest absolute Gasteiger partial charge is 0.0919 e. The summed E-state index contributed by atoms with van der Waals surface area (Å²) in [7, 11) is 0. The SMILES string of the molecule is Cc1ccc(C)c(C(O)CN2CCC(C)CC2)c1. The molecule has 0 saturated carbocycles. The molecule has 2 nitrogen and oxygen atoms in total. The van der Waals surface area contributed by atoms with Crippen LogP contribution in [0.25, 0.3) is 0 Å². The molecule has 0 aromatic heterocycles. The van der Waals surface area contributed by atoms with Gasteiger partial charge in [-0.3, -0.25) is 0 Å². The first-order valence-corrected chi connectivity index (χ1v) is 7.04. The Bertz CT molecular complexity index is 394. The summed E-state index contributed by atoms with van der Waals surface area (Å²) in [6.45, 7) is 9.51. The first kappa shape index (κ1) is 13.6. The number of hydrogen-bond donors (Lipinski definition) is 1. The molecule has 0 amide bonds. The van der Waals surface area contributed by atoms with E-state index in [9.17, 15) is 5.11 Å². The molecule has 1 heterocycles. The van der Waals surface area contributed by atoms with E-state index in [0.29, 0.717) is 0 Å². The van der Waals surface area contributed by atoms with Crippen LogP contribution in [0.1, 0.15) is 42.6 Å². The molecule has 1 N–H and O–H groups in total. The average Bonchev–Trinajstić information content (AvgIpc) is 2.35. The molecule has 1 saturated heterocycles. The highest BCUT2D eigenvalue weighted by Crippen LogP contribution is 2.23. The Hall–Kier alpha value is -0.860. The lowest BCUT2D eigenvalue weighted by molar-refractivity contribution is 0.0912. The van der Waals surface area contributed by atoms with Crippen LogP contribution in [-0.2, 0) is 0 Å². The number of benzene rings is 1. The molecule has 100 valence electrons. The Labute approximate surface area is 111 Å². The zero-order chi connectivity index (χ0) is 13.1. The molecule has 0 bridgehead atoms. The minimum Gasteiger partial charge on any atom is -0.387 e. The quantitative estimate of drug-likeness (QED) is 0.887. The molecular formula is C16H25NO. The number of hydrogen-bond acceptors (Lipinski definition) is 2. The highest BCUT2D eigenvalue weighted by molar-refractivity contribution is 5.32. The van der Waals surface area contributed by atoms with Crippen molar-refractivity contribution in [2.75, 3.05) is 19.6 Å². The van der Waals surface area contributed by atoms with E-state index in [4.69, 9.17) is 0 Å². The number of piperidine rings is 1. The fourth-order valence-corrected chi connectivity index (χ4v) is 2.71. The third-order valence-corrected chi connectivity index (χ3v) is 4.10. The van der Waals surface area contributed by atoms with Crippen molar-refractivity contribution < 1.29 is 5.11 Å². The van der Waals surface area contributed by atoms with Gasteiger partial charge in [-0.1, -0.05) is 30.7 Å². The van der Waals surface area contributed by atoms with E-state index >= 15 is 0 Å². The van der Waals surface area contributed by atoms with Crippen LogP contribution in [0.15, 0.2) is 18.2 Å². The molecule has 1 fully saturated rings. The van der Waals surface area contributed by atoms with Crippen LogP contribution in [0.2, 0.25) is 0 Å². The number of aryl methyl sites for hydroxylation is 2. The molecule has 1 aromatic carbocycles. The van der Waals surface area contributed by atoms with Crippen molar-refractivity contribution in [1.29, 1.82) is 0 Å². The van der Waals surface area contributed by atoms with E-state index in [1.54, 1.807) is 0 Å². The average molecular weight is 247 g/mol. The summed E-state index contributed by atoms with van der Waals surface area (Å²) in [5, 5.41) is 10.4. The van der Waals surface area contributed by atoms with Gasteiger partial charge in [0.05, 0.1) is 6.10 Å². The predicted molar refractivity (Wildman–Crippen MR) is 75.7 cm³/mol. The van der Waals surface area contributed by atoms with Crippen molar-refractivity contribution in [1.82, 2.24) is 4.90 Å². The fraction of sp³-hybridized carbons (Fsp3) is 0.625. The normalized spacial score (nSPS) is 20.0. The molecule has 1 aliphatic rings. The largest absolute Gasteiger partial charge is 0.387 e. The summed E-state index contributed by atoms with van der Waals surface area (Å²) < 4.78 is 0. The van der Waals surface area contributed by atoms with Gasteiger partial charge in [-0.05, 0) is 56.8 Å². The van der Waals surface area contributed by atoms with Crippen molar-refractivity contribution in [2.24, 2.45) is 5.92 Å². The third kappa shape index (κ3) is 3.33. The molecule has 2 heteroatoms. The highest BCUT2D eigenvalue weighted by Gasteiger charge is 2.19. The van der Waals surface area contributed by atoms with Crippen LogP contribution in [0.4, 0.5) is 0 Å². The van der Waals surface area contributed by atoms with Crippen molar-refractivity contribution in [3.8, 4) is 0 Å². The molecular weight excluding hydrogens is 222 g/mol. The van der Waals surface area contributed by atoms with Crippen LogP contribution in [0.3, 0.4) is 0 Å². The Balaban J connectivity index is 1.98. The standard InChI is InChI=1S/C16H25NO/c1-12-6-8-17(9-7-12)11-16(18)15-10-13(2)4-5-14(15)3/h4-5,10,12,16,18H,6-9,11H2,1-3H3. The van der Waals surface area contributed by atoms with Gasteiger partial charge in [-0.15, -0.1) is 0 Å². The Morgan fingerprint density at radius 2 is 1.94 bits per heavy atom. The minimum atomic E-state index is -0.349. The molecule has 18 heavy (non-hydrogen) atoms. The first-order valence-electron chi connectivity index (χ1n) is 7.04. The number of likely N-dealkylation sites (tertiary alicyclic amines) is 1. The number of β-amino-alcohol motifs (C(OH)–C–C–N with tert-alkyl or cyclic N) is 1. The predicted octanol–water partition coefficient (Wildman–Crippen LogP) is 3.07. The van der Waals surface area contributed by atoms with Crippen LogP contribution in [0, 0.1) is 19.8 Å². The molecule has 0 radical (unpaired) electrons. The number of nitrogens with zero attached hydrogens (tertiary/aromatic N) is 1. The lowest BCUT2D eigenvalue weighted by Crippen LogP contribution is -2.36. The summed E-state index contributed by atoms with van der Waals surface area (Å²) in [6, 6.07) is 6.33. The van der Waals surface area contributed by atoms with Crippen LogP contribution < -0.4 is 0 Å². The molecule has 0 spiro atoms. The van der Waals surface area contributed by atoms with Gasteiger partial charge >= 0.3 is 0 Å². The van der Waals surface area contributed by atoms with Crippen LogP contribution in [-0.4, -0.2) is 29.6 Å². The van der Waals surface area contributed by atoms with Gasteiger partial charge in [0, 0.05) is 6.54 Å². The van der Waals surface area contributed by atoms with Gasteiger partial charge in [-0.25, -0.2) is 0 Å². The zero-order valence-corrected chi connectivity index (χ0v) is 11.8. The maximum Gasteiger partial charge on any atom is 0.0919 e. The fourth-order valence-electron chi connectivity index (χ4n) is 2.71. The molecule has 1 unspecified atom stereocenters. The van der Waals surface area contributed by atoms with Crippen LogP contribution in [0.5, 0.6) is 0 Å². The molecule has 1 atom stereocenters. The first-order chi connectivity index (χ1) is 8.56. The van der Waals surface area contributed by atoms with E-state index < -0.39 is 0 Å². The Morgan fingerprint density at radius 3 is 2.61 bits per heavy atom. The summed E-state index contributed by atoms with van der Waals surface area (Å²) in [4.78, 5) is 2.40. The maximum absolute atomic E-state index is 10.4. The van der Waals surface area contributed by atoms with Gasteiger partial charge in [0.2, 0.25) is 0 Å². The topological polar surface area (TPSA) is 23.5 Å². The van der Waals surface area contributed by atoms with Gasteiger partial charge in [0.1, 0.15) is 0 Å². The van der Waals surface area contributed by atoms with E-state index in [1.807, 2.05) is 0 Å². The van der Waals surface area contributed by atoms with Gasteiger partial charge in [0.15, 0.2) is 0 Å². The monoisotopic (exact) mass is 247 g/mol. The zero-order valence-electron chi connectivity index (χ0n) is 11.8. The van der Waals surface area contributed by atoms with Crippen molar-refractivity contribution >= 4 is 0 Å². The molecule has 0 aliphatic carbocycles. The van der Waals surface area contributed by atoms with Gasteiger partial charge in [-0.2, -0.15) is 0 Å². The number of aliphatic hydroxyl groups is 1. The summed E-state index contributed by atoms with van der Waals surface area (Å²) in [5.74, 6) is 0.846. The summed E-state index contributed by atoms with van der Waals surface area (Å²) in [6.07, 6.45) is 2.18. The van der Waals surface area contributed by atoms with Crippen molar-refractivity contribution in [3.63, 3.8) is 0 Å². The molecule has 1 aromatic rings. The minimum absolute atomic E-state index is 0.349. The number of aliphatic hydroxyl groups excluding tert-OH is 1. The second-order valence-electron chi connectivity index (χ2n) is 5.86. The lowest BCUT2D eigenvalue weighted by atomic mass is 9.97. The van der Waals surface area contributed by atoms with Crippen molar-refractivity contribution in [3.05, 3.63) is 34.9 Å². The van der Waals surface area contributed by atoms with Gasteiger partial charge < -0.3 is 10.0 Å². The van der Waals surface area contributed by atoms with E-state index in [0.717, 1.165) is 31.1 Å². The second-order valence-corrected chi connectivity index (χ2v) is 5.86. The second kappa shape index (κ2) is 5.85. The summed E-state index contributed by atoms with van der Waals surface area (Å²) in [5.41, 5.74) is 3.51. The van der Waals surface area contributed by atoms with Gasteiger partial charge in [0.25, 0.3) is 0 Å². The molecule has 1 aliphatic heterocycles. The Kier molecular flexibility index (Phi) is 4.41. The summed E-state index contributed by atoms with van der Waals surface area (Å²) >= 11 is 0. The maximum atomic E-state index is 10.4. The van der Waals surface area contributed by atoms with E-state index in [1.165, 1.54) is 24.0 Å². The lowest BCUT2D eigenvalue weighted by Gasteiger charge is -2.32. The van der Waals surface area contributed by atoms with Crippen molar-refractivity contribution in [2.45, 2.75) is 39.7 Å². The van der Waals surface area contributed by atoms with E-state index in [2.05, 4.69) is 43.9 Å². The molecule has 2 rings (SSSR count). The van der Waals surface area contributed by atoms with E-state index in [-0.39, 0.29) is 6.10 Å². The third-order valence-electron chi connectivity index (χ3n) is 4.10. The van der Waals surface area contributed by atoms with Crippen LogP contribution >= 0.6 is 0 Å². The number of rotatable bonds is 3.